The molecule has 1 aromatic carbocycles. The monoisotopic (exact) mass is 239 g/mol. The van der Waals surface area contributed by atoms with Gasteiger partial charge in [-0.3, -0.25) is 0 Å². The Hall–Kier alpha value is -1.36. The maximum atomic E-state index is 8.53. The van der Waals surface area contributed by atoms with Crippen LogP contribution in [0.1, 0.15) is 6.92 Å². The van der Waals surface area contributed by atoms with Gasteiger partial charge in [-0.05, 0) is 18.4 Å². The molecular formula is C11H17N3OS. The van der Waals surface area contributed by atoms with Crippen LogP contribution in [-0.4, -0.2) is 23.8 Å². The van der Waals surface area contributed by atoms with Gasteiger partial charge in [-0.25, -0.2) is 0 Å². The molecule has 0 heterocycles. The number of rotatable bonds is 5. The van der Waals surface area contributed by atoms with Crippen molar-refractivity contribution >= 4 is 23.3 Å². The Morgan fingerprint density at radius 3 is 2.88 bits per heavy atom. The Morgan fingerprint density at radius 2 is 2.25 bits per heavy atom. The van der Waals surface area contributed by atoms with Crippen molar-refractivity contribution in [1.82, 2.24) is 0 Å². The van der Waals surface area contributed by atoms with Crippen molar-refractivity contribution in [3.8, 4) is 0 Å². The molecule has 0 radical (unpaired) electrons. The van der Waals surface area contributed by atoms with Crippen molar-refractivity contribution in [1.29, 1.82) is 0 Å². The number of nitrogens with two attached hydrogens (primary N) is 1. The van der Waals surface area contributed by atoms with Crippen molar-refractivity contribution in [3.05, 3.63) is 24.3 Å². The van der Waals surface area contributed by atoms with E-state index in [9.17, 15) is 0 Å². The summed E-state index contributed by atoms with van der Waals surface area (Å²) in [6.45, 7) is 2.55. The first-order valence-corrected chi connectivity index (χ1v) is 6.25. The van der Waals surface area contributed by atoms with E-state index in [1.165, 1.54) is 4.90 Å². The molecule has 0 aliphatic heterocycles. The zero-order valence-electron chi connectivity index (χ0n) is 9.47. The van der Waals surface area contributed by atoms with E-state index in [1.54, 1.807) is 11.8 Å². The number of amidine groups is 1. The summed E-state index contributed by atoms with van der Waals surface area (Å²) in [5.74, 6) is 0.244. The minimum Gasteiger partial charge on any atom is -0.409 e. The molecule has 1 aromatic rings. The van der Waals surface area contributed by atoms with E-state index >= 15 is 0 Å². The fourth-order valence-corrected chi connectivity index (χ4v) is 1.83. The van der Waals surface area contributed by atoms with Crippen LogP contribution in [0.25, 0.3) is 0 Å². The highest BCUT2D eigenvalue weighted by molar-refractivity contribution is 7.98. The van der Waals surface area contributed by atoms with Gasteiger partial charge in [0.15, 0.2) is 0 Å². The van der Waals surface area contributed by atoms with Gasteiger partial charge in [-0.15, -0.1) is 11.8 Å². The van der Waals surface area contributed by atoms with Crippen molar-refractivity contribution in [2.45, 2.75) is 11.8 Å². The fraction of sp³-hybridized carbons (Fsp3) is 0.364. The lowest BCUT2D eigenvalue weighted by Gasteiger charge is -2.14. The molecule has 5 heteroatoms. The zero-order chi connectivity index (χ0) is 12.0. The number of oxime groups is 1. The van der Waals surface area contributed by atoms with Crippen molar-refractivity contribution in [3.63, 3.8) is 0 Å². The fourth-order valence-electron chi connectivity index (χ4n) is 1.26. The second kappa shape index (κ2) is 6.27. The Balaban J connectivity index is 2.61. The normalized spacial score (nSPS) is 13.5. The molecule has 0 amide bonds. The summed E-state index contributed by atoms with van der Waals surface area (Å²) in [6, 6.07) is 8.06. The largest absolute Gasteiger partial charge is 0.409 e. The Bertz CT molecular complexity index is 368. The topological polar surface area (TPSA) is 70.6 Å². The summed E-state index contributed by atoms with van der Waals surface area (Å²) in [5, 5.41) is 14.8. The summed E-state index contributed by atoms with van der Waals surface area (Å²) in [4.78, 5) is 1.19. The minimum atomic E-state index is -0.0000813. The van der Waals surface area contributed by atoms with Gasteiger partial charge < -0.3 is 16.3 Å². The SMILES string of the molecule is CSc1ccccc1NCC(C)/C(N)=N/O. The minimum absolute atomic E-state index is 0.0000813. The molecule has 0 aliphatic rings. The Labute approximate surface area is 99.9 Å². The molecule has 0 bridgehead atoms. The highest BCUT2D eigenvalue weighted by atomic mass is 32.2. The summed E-state index contributed by atoms with van der Waals surface area (Å²) in [5.41, 5.74) is 6.58. The number of para-hydroxylation sites is 1. The second-order valence-corrected chi connectivity index (χ2v) is 4.36. The maximum absolute atomic E-state index is 8.53. The van der Waals surface area contributed by atoms with Gasteiger partial charge in [0.2, 0.25) is 0 Å². The molecule has 0 saturated carbocycles. The first kappa shape index (κ1) is 12.7. The summed E-state index contributed by atoms with van der Waals surface area (Å²) in [6.07, 6.45) is 2.04. The van der Waals surface area contributed by atoms with Crippen LogP contribution >= 0.6 is 11.8 Å². The number of anilines is 1. The molecule has 1 atom stereocenters. The van der Waals surface area contributed by atoms with E-state index in [4.69, 9.17) is 10.9 Å². The van der Waals surface area contributed by atoms with Gasteiger partial charge in [0.25, 0.3) is 0 Å². The molecule has 4 nitrogen and oxygen atoms in total. The summed E-state index contributed by atoms with van der Waals surface area (Å²) in [7, 11) is 0. The van der Waals surface area contributed by atoms with E-state index < -0.39 is 0 Å². The average Bonchev–Trinajstić information content (AvgIpc) is 2.35. The molecule has 88 valence electrons. The molecule has 4 N–H and O–H groups in total. The highest BCUT2D eigenvalue weighted by Gasteiger charge is 2.08. The van der Waals surface area contributed by atoms with Crippen LogP contribution in [0.4, 0.5) is 5.69 Å². The summed E-state index contributed by atoms with van der Waals surface area (Å²) < 4.78 is 0. The van der Waals surface area contributed by atoms with E-state index in [1.807, 2.05) is 31.4 Å². The molecule has 0 spiro atoms. The van der Waals surface area contributed by atoms with E-state index in [-0.39, 0.29) is 11.8 Å². The predicted molar refractivity (Wildman–Crippen MR) is 69.3 cm³/mol. The molecule has 1 rings (SSSR count). The molecule has 0 saturated heterocycles. The van der Waals surface area contributed by atoms with E-state index in [0.717, 1.165) is 5.69 Å². The third-order valence-corrected chi connectivity index (χ3v) is 3.12. The van der Waals surface area contributed by atoms with Crippen LogP contribution < -0.4 is 11.1 Å². The number of nitrogens with zero attached hydrogens (tertiary/aromatic N) is 1. The van der Waals surface area contributed by atoms with Crippen LogP contribution in [0.2, 0.25) is 0 Å². The average molecular weight is 239 g/mol. The number of hydrogen-bond acceptors (Lipinski definition) is 4. The van der Waals surface area contributed by atoms with Gasteiger partial charge in [0.1, 0.15) is 5.84 Å². The Kier molecular flexibility index (Phi) is 4.98. The lowest BCUT2D eigenvalue weighted by molar-refractivity contribution is 0.315. The second-order valence-electron chi connectivity index (χ2n) is 3.51. The molecular weight excluding hydrogens is 222 g/mol. The lowest BCUT2D eigenvalue weighted by atomic mass is 10.1. The van der Waals surface area contributed by atoms with Crippen LogP contribution in [0.3, 0.4) is 0 Å². The van der Waals surface area contributed by atoms with Crippen LogP contribution in [0.5, 0.6) is 0 Å². The van der Waals surface area contributed by atoms with E-state index in [0.29, 0.717) is 6.54 Å². The summed E-state index contributed by atoms with van der Waals surface area (Å²) >= 11 is 1.69. The van der Waals surface area contributed by atoms with Gasteiger partial charge in [0.05, 0.1) is 0 Å². The van der Waals surface area contributed by atoms with Gasteiger partial charge in [0, 0.05) is 23.0 Å². The first-order valence-electron chi connectivity index (χ1n) is 5.03. The number of thioether (sulfide) groups is 1. The van der Waals surface area contributed by atoms with E-state index in [2.05, 4.69) is 16.5 Å². The molecule has 0 aromatic heterocycles. The molecule has 0 fully saturated rings. The van der Waals surface area contributed by atoms with Crippen LogP contribution in [-0.2, 0) is 0 Å². The predicted octanol–water partition coefficient (Wildman–Crippen LogP) is 2.20. The Morgan fingerprint density at radius 1 is 1.56 bits per heavy atom. The highest BCUT2D eigenvalue weighted by Crippen LogP contribution is 2.24. The lowest BCUT2D eigenvalue weighted by Crippen LogP contribution is -2.27. The zero-order valence-corrected chi connectivity index (χ0v) is 10.3. The molecule has 16 heavy (non-hydrogen) atoms. The molecule has 0 aliphatic carbocycles. The first-order chi connectivity index (χ1) is 7.69. The van der Waals surface area contributed by atoms with Crippen LogP contribution in [0.15, 0.2) is 34.3 Å². The standard InChI is InChI=1S/C11H17N3OS/c1-8(11(12)14-15)7-13-9-5-3-4-6-10(9)16-2/h3-6,8,13,15H,7H2,1-2H3,(H2,12,14). The third kappa shape index (κ3) is 3.34. The quantitative estimate of drug-likeness (QED) is 0.242. The molecule has 1 unspecified atom stereocenters. The number of nitrogens with one attached hydrogen (secondary N) is 1. The van der Waals surface area contributed by atoms with Gasteiger partial charge >= 0.3 is 0 Å². The van der Waals surface area contributed by atoms with Gasteiger partial charge in [-0.2, -0.15) is 0 Å². The number of benzene rings is 1. The maximum Gasteiger partial charge on any atom is 0.143 e. The third-order valence-electron chi connectivity index (χ3n) is 2.33. The van der Waals surface area contributed by atoms with Crippen molar-refractivity contribution in [2.75, 3.05) is 18.1 Å². The number of hydrogen-bond donors (Lipinski definition) is 3. The smallest absolute Gasteiger partial charge is 0.143 e. The van der Waals surface area contributed by atoms with Gasteiger partial charge in [-0.1, -0.05) is 24.2 Å². The van der Waals surface area contributed by atoms with Crippen LogP contribution in [0, 0.1) is 5.92 Å². The van der Waals surface area contributed by atoms with Crippen molar-refractivity contribution in [2.24, 2.45) is 16.8 Å². The van der Waals surface area contributed by atoms with Crippen molar-refractivity contribution < 1.29 is 5.21 Å².